The summed E-state index contributed by atoms with van der Waals surface area (Å²) in [6.45, 7) is 1.64. The SMILES string of the molecule is C[C@@H](NC(=O)C1Cc2ccccc2CN1C(=O)c1ccccc1Cl)C(=O)O. The zero-order chi connectivity index (χ0) is 19.6. The lowest BCUT2D eigenvalue weighted by atomic mass is 9.92. The number of hydrogen-bond acceptors (Lipinski definition) is 3. The van der Waals surface area contributed by atoms with E-state index in [-0.39, 0.29) is 12.5 Å². The van der Waals surface area contributed by atoms with Crippen molar-refractivity contribution in [2.24, 2.45) is 0 Å². The van der Waals surface area contributed by atoms with Crippen LogP contribution in [0.5, 0.6) is 0 Å². The van der Waals surface area contributed by atoms with Crippen LogP contribution in [0.25, 0.3) is 0 Å². The lowest BCUT2D eigenvalue weighted by molar-refractivity contribution is -0.142. The number of carbonyl (C=O) groups is 3. The minimum absolute atomic E-state index is 0.250. The number of nitrogens with zero attached hydrogens (tertiary/aromatic N) is 1. The van der Waals surface area contributed by atoms with Gasteiger partial charge in [0.25, 0.3) is 5.91 Å². The molecule has 1 heterocycles. The second-order valence-corrected chi connectivity index (χ2v) is 6.88. The topological polar surface area (TPSA) is 86.7 Å². The van der Waals surface area contributed by atoms with E-state index in [9.17, 15) is 14.4 Å². The first-order chi connectivity index (χ1) is 12.9. The maximum atomic E-state index is 13.1. The summed E-state index contributed by atoms with van der Waals surface area (Å²) in [5.74, 6) is -2.00. The molecule has 1 aliphatic rings. The highest BCUT2D eigenvalue weighted by Gasteiger charge is 2.36. The van der Waals surface area contributed by atoms with E-state index < -0.39 is 24.0 Å². The van der Waals surface area contributed by atoms with E-state index in [1.165, 1.54) is 11.8 Å². The fourth-order valence-corrected chi connectivity index (χ4v) is 3.35. The van der Waals surface area contributed by atoms with Crippen LogP contribution < -0.4 is 5.32 Å². The van der Waals surface area contributed by atoms with Crippen molar-refractivity contribution in [3.05, 3.63) is 70.2 Å². The number of carbonyl (C=O) groups excluding carboxylic acids is 2. The van der Waals surface area contributed by atoms with Gasteiger partial charge in [-0.1, -0.05) is 48.0 Å². The van der Waals surface area contributed by atoms with Crippen LogP contribution >= 0.6 is 11.6 Å². The average Bonchev–Trinajstić information content (AvgIpc) is 2.66. The van der Waals surface area contributed by atoms with Crippen molar-refractivity contribution in [1.29, 1.82) is 0 Å². The van der Waals surface area contributed by atoms with Crippen LogP contribution in [0.3, 0.4) is 0 Å². The molecule has 0 aliphatic carbocycles. The molecule has 0 aromatic heterocycles. The number of rotatable bonds is 4. The Labute approximate surface area is 161 Å². The van der Waals surface area contributed by atoms with Gasteiger partial charge in [-0.25, -0.2) is 0 Å². The molecule has 2 aromatic rings. The number of halogens is 1. The molecule has 3 rings (SSSR count). The molecular formula is C20H19ClN2O4. The zero-order valence-corrected chi connectivity index (χ0v) is 15.4. The second kappa shape index (κ2) is 7.80. The van der Waals surface area contributed by atoms with Gasteiger partial charge in [-0.15, -0.1) is 0 Å². The maximum Gasteiger partial charge on any atom is 0.325 e. The van der Waals surface area contributed by atoms with E-state index in [0.29, 0.717) is 17.0 Å². The van der Waals surface area contributed by atoms with Crippen molar-refractivity contribution in [2.45, 2.75) is 32.0 Å². The van der Waals surface area contributed by atoms with E-state index in [4.69, 9.17) is 16.7 Å². The lowest BCUT2D eigenvalue weighted by Crippen LogP contribution is -2.55. The summed E-state index contributed by atoms with van der Waals surface area (Å²) < 4.78 is 0. The Morgan fingerprint density at radius 1 is 1.11 bits per heavy atom. The average molecular weight is 387 g/mol. The molecule has 2 aromatic carbocycles. The standard InChI is InChI=1S/C20H19ClN2O4/c1-12(20(26)27)22-18(24)17-10-13-6-2-3-7-14(13)11-23(17)19(25)15-8-4-5-9-16(15)21/h2-9,12,17H,10-11H2,1H3,(H,22,24)(H,26,27)/t12-,17?/m1/s1. The summed E-state index contributed by atoms with van der Waals surface area (Å²) in [7, 11) is 0. The number of hydrogen-bond donors (Lipinski definition) is 2. The largest absolute Gasteiger partial charge is 0.480 e. The van der Waals surface area contributed by atoms with E-state index in [1.807, 2.05) is 24.3 Å². The van der Waals surface area contributed by atoms with Crippen LogP contribution in [0.15, 0.2) is 48.5 Å². The first-order valence-electron chi connectivity index (χ1n) is 8.54. The highest BCUT2D eigenvalue weighted by molar-refractivity contribution is 6.33. The third-order valence-electron chi connectivity index (χ3n) is 4.65. The minimum Gasteiger partial charge on any atom is -0.480 e. The number of amides is 2. The molecule has 2 atom stereocenters. The molecule has 1 unspecified atom stereocenters. The molecule has 7 heteroatoms. The van der Waals surface area contributed by atoms with Crippen LogP contribution in [0.4, 0.5) is 0 Å². The fourth-order valence-electron chi connectivity index (χ4n) is 3.13. The smallest absolute Gasteiger partial charge is 0.325 e. The van der Waals surface area contributed by atoms with Gasteiger partial charge in [0, 0.05) is 13.0 Å². The van der Waals surface area contributed by atoms with Gasteiger partial charge < -0.3 is 15.3 Å². The van der Waals surface area contributed by atoms with Gasteiger partial charge in [0.2, 0.25) is 5.91 Å². The Morgan fingerprint density at radius 3 is 2.41 bits per heavy atom. The Bertz CT molecular complexity index is 899. The molecule has 0 radical (unpaired) electrons. The van der Waals surface area contributed by atoms with Crippen molar-refractivity contribution >= 4 is 29.4 Å². The minimum atomic E-state index is -1.14. The summed E-state index contributed by atoms with van der Waals surface area (Å²) >= 11 is 6.17. The molecule has 140 valence electrons. The Hall–Kier alpha value is -2.86. The summed E-state index contributed by atoms with van der Waals surface area (Å²) in [4.78, 5) is 38.4. The third-order valence-corrected chi connectivity index (χ3v) is 4.98. The maximum absolute atomic E-state index is 13.1. The number of carboxylic acid groups (broad SMARTS) is 1. The quantitative estimate of drug-likeness (QED) is 0.845. The van der Waals surface area contributed by atoms with Gasteiger partial charge >= 0.3 is 5.97 Å². The fraction of sp³-hybridized carbons (Fsp3) is 0.250. The molecule has 6 nitrogen and oxygen atoms in total. The third kappa shape index (κ3) is 3.95. The summed E-state index contributed by atoms with van der Waals surface area (Å²) in [6.07, 6.45) is 0.310. The van der Waals surface area contributed by atoms with Crippen molar-refractivity contribution in [1.82, 2.24) is 10.2 Å². The van der Waals surface area contributed by atoms with Crippen molar-refractivity contribution in [3.8, 4) is 0 Å². The van der Waals surface area contributed by atoms with E-state index in [0.717, 1.165) is 11.1 Å². The van der Waals surface area contributed by atoms with Crippen LogP contribution in [-0.4, -0.2) is 39.9 Å². The zero-order valence-electron chi connectivity index (χ0n) is 14.7. The van der Waals surface area contributed by atoms with Gasteiger partial charge in [-0.3, -0.25) is 14.4 Å². The van der Waals surface area contributed by atoms with Crippen molar-refractivity contribution in [2.75, 3.05) is 0 Å². The molecule has 0 bridgehead atoms. The number of aliphatic carboxylic acids is 1. The van der Waals surface area contributed by atoms with Crippen LogP contribution in [0.1, 0.15) is 28.4 Å². The summed E-state index contributed by atoms with van der Waals surface area (Å²) in [5.41, 5.74) is 2.22. The first-order valence-corrected chi connectivity index (χ1v) is 8.91. The molecule has 0 saturated heterocycles. The van der Waals surface area contributed by atoms with Gasteiger partial charge in [0.15, 0.2) is 0 Å². The molecule has 0 spiro atoms. The normalized spacial score (nSPS) is 17.0. The molecular weight excluding hydrogens is 368 g/mol. The molecule has 0 fully saturated rings. The van der Waals surface area contributed by atoms with E-state index in [2.05, 4.69) is 5.32 Å². The number of benzene rings is 2. The van der Waals surface area contributed by atoms with Gasteiger partial charge in [-0.2, -0.15) is 0 Å². The van der Waals surface area contributed by atoms with Crippen molar-refractivity contribution in [3.63, 3.8) is 0 Å². The second-order valence-electron chi connectivity index (χ2n) is 6.47. The van der Waals surface area contributed by atoms with E-state index in [1.54, 1.807) is 24.3 Å². The first kappa shape index (κ1) is 18.9. The summed E-state index contributed by atoms with van der Waals surface area (Å²) in [6, 6.07) is 12.4. The van der Waals surface area contributed by atoms with Crippen molar-refractivity contribution < 1.29 is 19.5 Å². The molecule has 2 amide bonds. The van der Waals surface area contributed by atoms with Crippen LogP contribution in [-0.2, 0) is 22.6 Å². The Morgan fingerprint density at radius 2 is 1.74 bits per heavy atom. The molecule has 2 N–H and O–H groups in total. The molecule has 27 heavy (non-hydrogen) atoms. The van der Waals surface area contributed by atoms with Gasteiger partial charge in [0.1, 0.15) is 12.1 Å². The Kier molecular flexibility index (Phi) is 5.46. The van der Waals surface area contributed by atoms with E-state index >= 15 is 0 Å². The number of fused-ring (bicyclic) bond motifs is 1. The van der Waals surface area contributed by atoms with Gasteiger partial charge in [0.05, 0.1) is 10.6 Å². The number of carboxylic acids is 1. The van der Waals surface area contributed by atoms with Gasteiger partial charge in [-0.05, 0) is 30.2 Å². The summed E-state index contributed by atoms with van der Waals surface area (Å²) in [5, 5.41) is 11.8. The highest BCUT2D eigenvalue weighted by atomic mass is 35.5. The predicted molar refractivity (Wildman–Crippen MR) is 101 cm³/mol. The lowest BCUT2D eigenvalue weighted by Gasteiger charge is -2.36. The predicted octanol–water partition coefficient (Wildman–Crippen LogP) is 2.50. The number of nitrogens with one attached hydrogen (secondary N) is 1. The van der Waals surface area contributed by atoms with Crippen LogP contribution in [0, 0.1) is 0 Å². The molecule has 0 saturated carbocycles. The molecule has 1 aliphatic heterocycles. The van der Waals surface area contributed by atoms with Crippen LogP contribution in [0.2, 0.25) is 5.02 Å². The monoisotopic (exact) mass is 386 g/mol. The highest BCUT2D eigenvalue weighted by Crippen LogP contribution is 2.27. The Balaban J connectivity index is 1.95.